The van der Waals surface area contributed by atoms with Crippen LogP contribution in [-0.2, 0) is 0 Å². The zero-order chi connectivity index (χ0) is 13.0. The van der Waals surface area contributed by atoms with Crippen molar-refractivity contribution in [2.45, 2.75) is 62.8 Å². The van der Waals surface area contributed by atoms with Crippen LogP contribution in [0.4, 0.5) is 0 Å². The molecule has 0 bridgehead atoms. The van der Waals surface area contributed by atoms with Crippen LogP contribution in [0.3, 0.4) is 0 Å². The second-order valence-corrected chi connectivity index (χ2v) is 6.65. The normalized spacial score (nSPS) is 23.5. The highest BCUT2D eigenvalue weighted by molar-refractivity contribution is 7.99. The number of rotatable bonds is 5. The summed E-state index contributed by atoms with van der Waals surface area (Å²) in [5.74, 6) is 0. The molecular formula is C15H24N2S. The Kier molecular flexibility index (Phi) is 5.07. The quantitative estimate of drug-likeness (QED) is 0.877. The molecule has 1 aliphatic carbocycles. The van der Waals surface area contributed by atoms with Gasteiger partial charge in [0.1, 0.15) is 0 Å². The monoisotopic (exact) mass is 264 g/mol. The molecule has 1 saturated carbocycles. The summed E-state index contributed by atoms with van der Waals surface area (Å²) in [5, 5.41) is 5.58. The van der Waals surface area contributed by atoms with E-state index in [1.807, 2.05) is 11.8 Å². The van der Waals surface area contributed by atoms with Crippen LogP contribution in [0, 0.1) is 13.8 Å². The Labute approximate surface area is 115 Å². The van der Waals surface area contributed by atoms with Gasteiger partial charge >= 0.3 is 0 Å². The summed E-state index contributed by atoms with van der Waals surface area (Å²) in [6.45, 7) is 7.62. The lowest BCUT2D eigenvalue weighted by molar-refractivity contribution is 0.524. The van der Waals surface area contributed by atoms with Gasteiger partial charge in [0.2, 0.25) is 0 Å². The molecule has 0 radical (unpaired) electrons. The molecule has 18 heavy (non-hydrogen) atoms. The van der Waals surface area contributed by atoms with Gasteiger partial charge in [0.25, 0.3) is 0 Å². The minimum absolute atomic E-state index is 0.730. The molecule has 1 aliphatic rings. The molecule has 0 amide bonds. The molecule has 1 heterocycles. The number of aromatic nitrogens is 1. The molecule has 0 saturated heterocycles. The van der Waals surface area contributed by atoms with Crippen LogP contribution in [0.1, 0.15) is 43.9 Å². The molecule has 2 atom stereocenters. The SMILES string of the molecule is CCCNC1CCC(Sc2cc(C)cc(C)n2)C1. The highest BCUT2D eigenvalue weighted by atomic mass is 32.2. The Hall–Kier alpha value is -0.540. The van der Waals surface area contributed by atoms with E-state index in [2.05, 4.69) is 43.2 Å². The average molecular weight is 264 g/mol. The van der Waals surface area contributed by atoms with E-state index in [-0.39, 0.29) is 0 Å². The van der Waals surface area contributed by atoms with E-state index in [9.17, 15) is 0 Å². The summed E-state index contributed by atoms with van der Waals surface area (Å²) < 4.78 is 0. The van der Waals surface area contributed by atoms with Crippen molar-refractivity contribution < 1.29 is 0 Å². The number of hydrogen-bond acceptors (Lipinski definition) is 3. The summed E-state index contributed by atoms with van der Waals surface area (Å²) >= 11 is 1.97. The third kappa shape index (κ3) is 3.99. The van der Waals surface area contributed by atoms with Crippen molar-refractivity contribution in [3.63, 3.8) is 0 Å². The van der Waals surface area contributed by atoms with Crippen LogP contribution in [0.25, 0.3) is 0 Å². The minimum atomic E-state index is 0.730. The van der Waals surface area contributed by atoms with E-state index in [1.165, 1.54) is 36.3 Å². The van der Waals surface area contributed by atoms with Crippen LogP contribution in [0.2, 0.25) is 0 Å². The highest BCUT2D eigenvalue weighted by Crippen LogP contribution is 2.34. The van der Waals surface area contributed by atoms with Crippen molar-refractivity contribution in [2.24, 2.45) is 0 Å². The third-order valence-electron chi connectivity index (χ3n) is 3.43. The Morgan fingerprint density at radius 1 is 1.33 bits per heavy atom. The predicted molar refractivity (Wildman–Crippen MR) is 79.3 cm³/mol. The maximum atomic E-state index is 4.63. The molecule has 0 spiro atoms. The fraction of sp³-hybridized carbons (Fsp3) is 0.667. The number of thioether (sulfide) groups is 1. The number of nitrogens with one attached hydrogen (secondary N) is 1. The first-order chi connectivity index (χ1) is 8.67. The first-order valence-corrected chi connectivity index (χ1v) is 7.90. The van der Waals surface area contributed by atoms with Crippen molar-refractivity contribution in [1.29, 1.82) is 0 Å². The van der Waals surface area contributed by atoms with Crippen molar-refractivity contribution in [2.75, 3.05) is 6.54 Å². The number of pyridine rings is 1. The molecule has 1 aromatic rings. The second-order valence-electron chi connectivity index (χ2n) is 5.33. The largest absolute Gasteiger partial charge is 0.314 e. The van der Waals surface area contributed by atoms with E-state index in [0.717, 1.165) is 23.5 Å². The molecule has 100 valence electrons. The van der Waals surface area contributed by atoms with Gasteiger partial charge in [-0.2, -0.15) is 0 Å². The second kappa shape index (κ2) is 6.58. The highest BCUT2D eigenvalue weighted by Gasteiger charge is 2.25. The van der Waals surface area contributed by atoms with Gasteiger partial charge in [0.15, 0.2) is 0 Å². The van der Waals surface area contributed by atoms with Gasteiger partial charge < -0.3 is 5.32 Å². The van der Waals surface area contributed by atoms with Gasteiger partial charge in [-0.25, -0.2) is 4.98 Å². The van der Waals surface area contributed by atoms with Crippen molar-refractivity contribution in [3.8, 4) is 0 Å². The van der Waals surface area contributed by atoms with Crippen LogP contribution >= 0.6 is 11.8 Å². The number of hydrogen-bond donors (Lipinski definition) is 1. The van der Waals surface area contributed by atoms with Crippen LogP contribution in [-0.4, -0.2) is 22.8 Å². The summed E-state index contributed by atoms with van der Waals surface area (Å²) in [5.41, 5.74) is 2.46. The van der Waals surface area contributed by atoms with Gasteiger partial charge in [0.05, 0.1) is 5.03 Å². The van der Waals surface area contributed by atoms with Gasteiger partial charge in [-0.15, -0.1) is 11.8 Å². The lowest BCUT2D eigenvalue weighted by atomic mass is 10.2. The standard InChI is InChI=1S/C15H24N2S/c1-4-7-16-13-5-6-14(10-13)18-15-9-11(2)8-12(3)17-15/h8-9,13-14,16H,4-7,10H2,1-3H3. The van der Waals surface area contributed by atoms with Crippen LogP contribution in [0.15, 0.2) is 17.2 Å². The zero-order valence-corrected chi connectivity index (χ0v) is 12.5. The van der Waals surface area contributed by atoms with Gasteiger partial charge in [0, 0.05) is 17.0 Å². The first kappa shape index (κ1) is 13.9. The Bertz CT molecular complexity index is 372. The topological polar surface area (TPSA) is 24.9 Å². The van der Waals surface area contributed by atoms with Crippen molar-refractivity contribution >= 4 is 11.8 Å². The average Bonchev–Trinajstić information content (AvgIpc) is 2.72. The summed E-state index contributed by atoms with van der Waals surface area (Å²) in [6.07, 6.45) is 5.16. The van der Waals surface area contributed by atoms with E-state index in [0.29, 0.717) is 0 Å². The van der Waals surface area contributed by atoms with Gasteiger partial charge in [-0.05, 0) is 63.8 Å². The smallest absolute Gasteiger partial charge is 0.0968 e. The van der Waals surface area contributed by atoms with Crippen LogP contribution < -0.4 is 5.32 Å². The molecule has 0 aliphatic heterocycles. The van der Waals surface area contributed by atoms with E-state index in [1.54, 1.807) is 0 Å². The fourth-order valence-corrected chi connectivity index (χ4v) is 3.99. The molecule has 2 unspecified atom stereocenters. The molecule has 3 heteroatoms. The van der Waals surface area contributed by atoms with E-state index in [4.69, 9.17) is 0 Å². The van der Waals surface area contributed by atoms with Crippen LogP contribution in [0.5, 0.6) is 0 Å². The lowest BCUT2D eigenvalue weighted by Gasteiger charge is -2.12. The lowest BCUT2D eigenvalue weighted by Crippen LogP contribution is -2.27. The molecule has 0 aromatic carbocycles. The molecule has 1 aromatic heterocycles. The number of nitrogens with zero attached hydrogens (tertiary/aromatic N) is 1. The van der Waals surface area contributed by atoms with Crippen molar-refractivity contribution in [1.82, 2.24) is 10.3 Å². The molecule has 1 fully saturated rings. The molecule has 2 rings (SSSR count). The molecule has 1 N–H and O–H groups in total. The Morgan fingerprint density at radius 2 is 2.17 bits per heavy atom. The Morgan fingerprint density at radius 3 is 2.89 bits per heavy atom. The van der Waals surface area contributed by atoms with E-state index < -0.39 is 0 Å². The van der Waals surface area contributed by atoms with E-state index >= 15 is 0 Å². The maximum Gasteiger partial charge on any atom is 0.0968 e. The van der Waals surface area contributed by atoms with Gasteiger partial charge in [-0.3, -0.25) is 0 Å². The Balaban J connectivity index is 1.87. The minimum Gasteiger partial charge on any atom is -0.314 e. The fourth-order valence-electron chi connectivity index (χ4n) is 2.62. The predicted octanol–water partition coefficient (Wildman–Crippen LogP) is 3.71. The van der Waals surface area contributed by atoms with Crippen molar-refractivity contribution in [3.05, 3.63) is 23.4 Å². The summed E-state index contributed by atoms with van der Waals surface area (Å²) in [6, 6.07) is 5.09. The summed E-state index contributed by atoms with van der Waals surface area (Å²) in [7, 11) is 0. The third-order valence-corrected chi connectivity index (χ3v) is 4.64. The first-order valence-electron chi connectivity index (χ1n) is 7.02. The number of aryl methyl sites for hydroxylation is 2. The molecule has 2 nitrogen and oxygen atoms in total. The maximum absolute atomic E-state index is 4.63. The zero-order valence-electron chi connectivity index (χ0n) is 11.7. The molecular weight excluding hydrogens is 240 g/mol. The van der Waals surface area contributed by atoms with Gasteiger partial charge in [-0.1, -0.05) is 6.92 Å². The summed E-state index contributed by atoms with van der Waals surface area (Å²) in [4.78, 5) is 4.63.